The van der Waals surface area contributed by atoms with Gasteiger partial charge in [0, 0.05) is 35.4 Å². The van der Waals surface area contributed by atoms with Gasteiger partial charge in [-0.1, -0.05) is 11.6 Å². The van der Waals surface area contributed by atoms with Crippen LogP contribution < -0.4 is 10.2 Å². The molecule has 0 bridgehead atoms. The van der Waals surface area contributed by atoms with Crippen LogP contribution in [0.5, 0.6) is 0 Å². The van der Waals surface area contributed by atoms with Gasteiger partial charge in [-0.05, 0) is 55.5 Å². The Labute approximate surface area is 162 Å². The first-order valence-corrected chi connectivity index (χ1v) is 9.27. The summed E-state index contributed by atoms with van der Waals surface area (Å²) >= 11 is 7.19. The number of thioether (sulfide) groups is 1. The molecule has 5 nitrogen and oxygen atoms in total. The van der Waals surface area contributed by atoms with Gasteiger partial charge in [-0.3, -0.25) is 9.59 Å². The second-order valence-corrected chi connectivity index (χ2v) is 7.66. The minimum absolute atomic E-state index is 0.320. The summed E-state index contributed by atoms with van der Waals surface area (Å²) < 4.78 is 5.09. The van der Waals surface area contributed by atoms with E-state index in [2.05, 4.69) is 5.32 Å². The summed E-state index contributed by atoms with van der Waals surface area (Å²) in [7, 11) is 3.88. The Morgan fingerprint density at radius 1 is 1.12 bits per heavy atom. The Morgan fingerprint density at radius 2 is 1.73 bits per heavy atom. The number of anilines is 2. The van der Waals surface area contributed by atoms with Gasteiger partial charge in [0.25, 0.3) is 5.91 Å². The van der Waals surface area contributed by atoms with E-state index in [1.54, 1.807) is 31.2 Å². The second kappa shape index (κ2) is 9.50. The molecular formula is C19H21ClN2O3S. The number of nitrogens with one attached hydrogen (secondary N) is 1. The quantitative estimate of drug-likeness (QED) is 0.568. The average molecular weight is 393 g/mol. The third kappa shape index (κ3) is 6.28. The molecule has 1 atom stereocenters. The number of carbonyl (C=O) groups is 2. The van der Waals surface area contributed by atoms with Crippen LogP contribution in [0.15, 0.2) is 53.4 Å². The van der Waals surface area contributed by atoms with Crippen molar-refractivity contribution in [3.63, 3.8) is 0 Å². The molecule has 0 aliphatic heterocycles. The molecule has 26 heavy (non-hydrogen) atoms. The minimum atomic E-state index is -0.442. The fourth-order valence-electron chi connectivity index (χ4n) is 2.06. The Bertz CT molecular complexity index is 748. The molecule has 0 fully saturated rings. The number of rotatable bonds is 7. The average Bonchev–Trinajstić information content (AvgIpc) is 2.62. The third-order valence-corrected chi connectivity index (χ3v) is 4.81. The number of halogens is 1. The van der Waals surface area contributed by atoms with E-state index >= 15 is 0 Å². The fraction of sp³-hybridized carbons (Fsp3) is 0.263. The zero-order valence-corrected chi connectivity index (χ0v) is 16.4. The van der Waals surface area contributed by atoms with E-state index in [-0.39, 0.29) is 12.5 Å². The van der Waals surface area contributed by atoms with Gasteiger partial charge < -0.3 is 15.0 Å². The highest BCUT2D eigenvalue weighted by molar-refractivity contribution is 8.00. The number of ether oxygens (including phenoxy) is 1. The van der Waals surface area contributed by atoms with E-state index in [4.69, 9.17) is 16.3 Å². The van der Waals surface area contributed by atoms with Crippen LogP contribution in [0.3, 0.4) is 0 Å². The predicted octanol–water partition coefficient (Wildman–Crippen LogP) is 4.07. The van der Waals surface area contributed by atoms with Gasteiger partial charge in [-0.2, -0.15) is 0 Å². The van der Waals surface area contributed by atoms with Gasteiger partial charge in [0.15, 0.2) is 6.61 Å². The summed E-state index contributed by atoms with van der Waals surface area (Å²) in [6.07, 6.45) is 0. The topological polar surface area (TPSA) is 58.6 Å². The Hall–Kier alpha value is -2.18. The molecule has 0 aliphatic carbocycles. The molecule has 0 heterocycles. The van der Waals surface area contributed by atoms with Crippen LogP contribution in [-0.2, 0) is 14.3 Å². The zero-order chi connectivity index (χ0) is 19.1. The molecule has 2 aromatic rings. The minimum Gasteiger partial charge on any atom is -0.455 e. The fourth-order valence-corrected chi connectivity index (χ4v) is 3.05. The van der Waals surface area contributed by atoms with E-state index < -0.39 is 11.2 Å². The van der Waals surface area contributed by atoms with Crippen LogP contribution in [0.2, 0.25) is 5.02 Å². The largest absolute Gasteiger partial charge is 0.455 e. The smallest absolute Gasteiger partial charge is 0.319 e. The number of amides is 1. The lowest BCUT2D eigenvalue weighted by Gasteiger charge is -2.13. The Morgan fingerprint density at radius 3 is 2.31 bits per heavy atom. The standard InChI is InChI=1S/C19H21ClN2O3S/c1-13(26-17-10-4-14(20)5-11-17)19(24)25-12-18(23)21-15-6-8-16(9-7-15)22(2)3/h4-11,13H,12H2,1-3H3,(H,21,23)/t13-/m1/s1. The van der Waals surface area contributed by atoms with Gasteiger partial charge in [0.1, 0.15) is 5.25 Å². The molecule has 0 unspecified atom stereocenters. The molecule has 0 saturated carbocycles. The Kier molecular flexibility index (Phi) is 7.36. The molecule has 0 radical (unpaired) electrons. The third-order valence-electron chi connectivity index (χ3n) is 3.47. The summed E-state index contributed by atoms with van der Waals surface area (Å²) in [6, 6.07) is 14.6. The van der Waals surface area contributed by atoms with Gasteiger partial charge >= 0.3 is 5.97 Å². The van der Waals surface area contributed by atoms with Crippen LogP contribution in [0.1, 0.15) is 6.92 Å². The number of carbonyl (C=O) groups excluding carboxylic acids is 2. The molecule has 2 rings (SSSR count). The molecule has 1 amide bonds. The number of esters is 1. The van der Waals surface area contributed by atoms with Crippen molar-refractivity contribution in [2.45, 2.75) is 17.1 Å². The number of benzene rings is 2. The van der Waals surface area contributed by atoms with Crippen molar-refractivity contribution in [2.75, 3.05) is 30.9 Å². The summed E-state index contributed by atoms with van der Waals surface area (Å²) in [5.74, 6) is -0.817. The molecule has 138 valence electrons. The van der Waals surface area contributed by atoms with Crippen molar-refractivity contribution in [1.82, 2.24) is 0 Å². The van der Waals surface area contributed by atoms with Crippen molar-refractivity contribution in [3.8, 4) is 0 Å². The van der Waals surface area contributed by atoms with Gasteiger partial charge in [-0.15, -0.1) is 11.8 Å². The van der Waals surface area contributed by atoms with Crippen LogP contribution in [0.4, 0.5) is 11.4 Å². The molecule has 2 aromatic carbocycles. The summed E-state index contributed by atoms with van der Waals surface area (Å²) in [6.45, 7) is 1.42. The van der Waals surface area contributed by atoms with Crippen LogP contribution >= 0.6 is 23.4 Å². The van der Waals surface area contributed by atoms with Crippen molar-refractivity contribution in [1.29, 1.82) is 0 Å². The summed E-state index contributed by atoms with van der Waals surface area (Å²) in [5, 5.41) is 2.91. The molecule has 0 saturated heterocycles. The lowest BCUT2D eigenvalue weighted by atomic mass is 10.2. The SMILES string of the molecule is C[C@@H](Sc1ccc(Cl)cc1)C(=O)OCC(=O)Nc1ccc(N(C)C)cc1. The van der Waals surface area contributed by atoms with E-state index in [1.165, 1.54) is 11.8 Å². The van der Waals surface area contributed by atoms with Crippen LogP contribution in [0.25, 0.3) is 0 Å². The Balaban J connectivity index is 1.78. The maximum atomic E-state index is 12.0. The first-order valence-electron chi connectivity index (χ1n) is 8.01. The predicted molar refractivity (Wildman–Crippen MR) is 107 cm³/mol. The van der Waals surface area contributed by atoms with Gasteiger partial charge in [0.2, 0.25) is 0 Å². The van der Waals surface area contributed by atoms with E-state index in [9.17, 15) is 9.59 Å². The number of nitrogens with zero attached hydrogens (tertiary/aromatic N) is 1. The van der Waals surface area contributed by atoms with Crippen LogP contribution in [-0.4, -0.2) is 37.8 Å². The van der Waals surface area contributed by atoms with Crippen molar-refractivity contribution in [2.24, 2.45) is 0 Å². The monoisotopic (exact) mass is 392 g/mol. The molecule has 0 spiro atoms. The maximum Gasteiger partial charge on any atom is 0.319 e. The molecule has 1 N–H and O–H groups in total. The highest BCUT2D eigenvalue weighted by atomic mass is 35.5. The van der Waals surface area contributed by atoms with Gasteiger partial charge in [-0.25, -0.2) is 0 Å². The second-order valence-electron chi connectivity index (χ2n) is 5.81. The lowest BCUT2D eigenvalue weighted by molar-refractivity contribution is -0.146. The molecule has 0 aromatic heterocycles. The van der Waals surface area contributed by atoms with Gasteiger partial charge in [0.05, 0.1) is 0 Å². The lowest BCUT2D eigenvalue weighted by Crippen LogP contribution is -2.24. The van der Waals surface area contributed by atoms with E-state index in [0.29, 0.717) is 10.7 Å². The van der Waals surface area contributed by atoms with E-state index in [1.807, 2.05) is 43.3 Å². The number of hydrogen-bond acceptors (Lipinski definition) is 5. The summed E-state index contributed by atoms with van der Waals surface area (Å²) in [5.41, 5.74) is 1.68. The highest BCUT2D eigenvalue weighted by Crippen LogP contribution is 2.25. The van der Waals surface area contributed by atoms with Crippen molar-refractivity contribution >= 4 is 46.6 Å². The van der Waals surface area contributed by atoms with E-state index in [0.717, 1.165) is 10.6 Å². The molecule has 0 aliphatic rings. The zero-order valence-electron chi connectivity index (χ0n) is 14.9. The first kappa shape index (κ1) is 20.1. The first-order chi connectivity index (χ1) is 12.3. The maximum absolute atomic E-state index is 12.0. The highest BCUT2D eigenvalue weighted by Gasteiger charge is 2.17. The normalized spacial score (nSPS) is 11.5. The van der Waals surface area contributed by atoms with Crippen molar-refractivity contribution < 1.29 is 14.3 Å². The molecule has 7 heteroatoms. The van der Waals surface area contributed by atoms with Crippen LogP contribution in [0, 0.1) is 0 Å². The number of hydrogen-bond donors (Lipinski definition) is 1. The van der Waals surface area contributed by atoms with Crippen molar-refractivity contribution in [3.05, 3.63) is 53.6 Å². The molecular weight excluding hydrogens is 372 g/mol. The summed E-state index contributed by atoms with van der Waals surface area (Å²) in [4.78, 5) is 26.8.